The van der Waals surface area contributed by atoms with Crippen LogP contribution in [0.25, 0.3) is 0 Å². The van der Waals surface area contributed by atoms with Crippen LogP contribution in [0.1, 0.15) is 34.1 Å². The lowest BCUT2D eigenvalue weighted by Crippen LogP contribution is -2.15. The van der Waals surface area contributed by atoms with Crippen LogP contribution < -0.4 is 10.1 Å². The molecule has 0 saturated carbocycles. The molecule has 3 nitrogen and oxygen atoms in total. The van der Waals surface area contributed by atoms with Crippen molar-refractivity contribution in [1.29, 1.82) is 0 Å². The Hall–Kier alpha value is -1.59. The molecule has 1 fully saturated rings. The molecule has 138 valence electrons. The second-order valence-electron chi connectivity index (χ2n) is 6.47. The van der Waals surface area contributed by atoms with E-state index in [9.17, 15) is 4.79 Å². The van der Waals surface area contributed by atoms with Crippen LogP contribution in [0.15, 0.2) is 42.5 Å². The minimum atomic E-state index is -0.0172. The molecule has 0 aliphatic carbocycles. The van der Waals surface area contributed by atoms with E-state index in [0.717, 1.165) is 22.6 Å². The first kappa shape index (κ1) is 19.2. The highest BCUT2D eigenvalue weighted by atomic mass is 32.2. The summed E-state index contributed by atoms with van der Waals surface area (Å²) in [7, 11) is 0. The summed E-state index contributed by atoms with van der Waals surface area (Å²) in [5.41, 5.74) is 4.40. The number of nitrogens with one attached hydrogen (secondary N) is 1. The molecule has 26 heavy (non-hydrogen) atoms. The predicted octanol–water partition coefficient (Wildman–Crippen LogP) is 5.58. The Morgan fingerprint density at radius 1 is 1.15 bits per heavy atom. The second kappa shape index (κ2) is 9.38. The highest BCUT2D eigenvalue weighted by Crippen LogP contribution is 2.44. The summed E-state index contributed by atoms with van der Waals surface area (Å²) in [4.78, 5) is 12.2. The first-order valence-corrected chi connectivity index (χ1v) is 11.0. The minimum absolute atomic E-state index is 0.0172. The lowest BCUT2D eigenvalue weighted by molar-refractivity contribution is -0.116. The number of ether oxygens (including phenoxy) is 1. The smallest absolute Gasteiger partial charge is 0.227 e. The van der Waals surface area contributed by atoms with E-state index in [1.54, 1.807) is 0 Å². The monoisotopic (exact) mass is 387 g/mol. The zero-order valence-electron chi connectivity index (χ0n) is 15.3. The number of carbonyl (C=O) groups excluding carboxylic acids is 1. The maximum Gasteiger partial charge on any atom is 0.227 e. The Kier molecular flexibility index (Phi) is 6.92. The zero-order valence-corrected chi connectivity index (χ0v) is 16.9. The van der Waals surface area contributed by atoms with E-state index < -0.39 is 0 Å². The van der Waals surface area contributed by atoms with Crippen molar-refractivity contribution < 1.29 is 9.53 Å². The molecule has 2 aromatic rings. The lowest BCUT2D eigenvalue weighted by atomic mass is 10.1. The van der Waals surface area contributed by atoms with Crippen LogP contribution in [0.2, 0.25) is 0 Å². The maximum atomic E-state index is 12.2. The molecule has 0 aromatic heterocycles. The molecule has 1 heterocycles. The van der Waals surface area contributed by atoms with E-state index in [-0.39, 0.29) is 5.91 Å². The Labute approximate surface area is 164 Å². The third-order valence-electron chi connectivity index (χ3n) is 4.20. The number of hydrogen-bond donors (Lipinski definition) is 1. The zero-order chi connectivity index (χ0) is 18.4. The van der Waals surface area contributed by atoms with Crippen molar-refractivity contribution in [3.8, 4) is 5.75 Å². The van der Waals surface area contributed by atoms with Gasteiger partial charge in [-0.1, -0.05) is 24.3 Å². The van der Waals surface area contributed by atoms with Crippen LogP contribution >= 0.6 is 23.5 Å². The van der Waals surface area contributed by atoms with Crippen molar-refractivity contribution >= 4 is 35.1 Å². The number of amides is 1. The van der Waals surface area contributed by atoms with Gasteiger partial charge in [-0.05, 0) is 66.7 Å². The quantitative estimate of drug-likeness (QED) is 0.702. The van der Waals surface area contributed by atoms with Crippen LogP contribution in [0.3, 0.4) is 0 Å². The summed E-state index contributed by atoms with van der Waals surface area (Å²) in [6.45, 7) is 4.43. The van der Waals surface area contributed by atoms with Gasteiger partial charge in [-0.3, -0.25) is 4.79 Å². The molecule has 0 unspecified atom stereocenters. The van der Waals surface area contributed by atoms with E-state index in [1.165, 1.54) is 23.5 Å². The lowest BCUT2D eigenvalue weighted by Gasteiger charge is -2.21. The van der Waals surface area contributed by atoms with Gasteiger partial charge in [0.1, 0.15) is 5.75 Å². The SMILES string of the molecule is Cc1ccc(C)c(OCCC(=O)Nc2cccc(C3SCCCS3)c2)c1. The van der Waals surface area contributed by atoms with Crippen LogP contribution in [0, 0.1) is 13.8 Å². The molecule has 1 aliphatic rings. The largest absolute Gasteiger partial charge is 0.493 e. The van der Waals surface area contributed by atoms with Gasteiger partial charge in [0.2, 0.25) is 5.91 Å². The summed E-state index contributed by atoms with van der Waals surface area (Å²) in [6.07, 6.45) is 1.62. The first-order chi connectivity index (χ1) is 12.6. The van der Waals surface area contributed by atoms with Crippen molar-refractivity contribution in [2.45, 2.75) is 31.3 Å². The highest BCUT2D eigenvalue weighted by Gasteiger charge is 2.17. The molecule has 1 N–H and O–H groups in total. The van der Waals surface area contributed by atoms with Gasteiger partial charge >= 0.3 is 0 Å². The molecule has 0 radical (unpaired) electrons. The van der Waals surface area contributed by atoms with E-state index >= 15 is 0 Å². The van der Waals surface area contributed by atoms with Gasteiger partial charge in [0.15, 0.2) is 0 Å². The van der Waals surface area contributed by atoms with E-state index in [4.69, 9.17) is 4.74 Å². The van der Waals surface area contributed by atoms with Crippen molar-refractivity contribution in [3.05, 3.63) is 59.2 Å². The Bertz CT molecular complexity index is 757. The molecular formula is C21H25NO2S2. The van der Waals surface area contributed by atoms with E-state index in [1.807, 2.05) is 61.6 Å². The molecule has 0 spiro atoms. The molecule has 1 aliphatic heterocycles. The number of carbonyl (C=O) groups is 1. The van der Waals surface area contributed by atoms with Gasteiger partial charge < -0.3 is 10.1 Å². The molecule has 1 saturated heterocycles. The number of anilines is 1. The van der Waals surface area contributed by atoms with E-state index in [2.05, 4.69) is 23.5 Å². The average molecular weight is 388 g/mol. The summed E-state index contributed by atoms with van der Waals surface area (Å²) < 4.78 is 6.26. The number of aryl methyl sites for hydroxylation is 2. The predicted molar refractivity (Wildman–Crippen MR) is 113 cm³/mol. The van der Waals surface area contributed by atoms with Gasteiger partial charge in [-0.2, -0.15) is 0 Å². The van der Waals surface area contributed by atoms with Gasteiger partial charge in [0.05, 0.1) is 17.6 Å². The highest BCUT2D eigenvalue weighted by molar-refractivity contribution is 8.16. The maximum absolute atomic E-state index is 12.2. The van der Waals surface area contributed by atoms with Crippen molar-refractivity contribution in [3.63, 3.8) is 0 Å². The standard InChI is InChI=1S/C21H25NO2S2/c1-15-7-8-16(2)19(13-15)24-10-9-20(23)22-18-6-3-5-17(14-18)21-25-11-4-12-26-21/h3,5-8,13-14,21H,4,9-12H2,1-2H3,(H,22,23). The fourth-order valence-corrected chi connectivity index (χ4v) is 5.66. The summed E-state index contributed by atoms with van der Waals surface area (Å²) in [6, 6.07) is 14.3. The number of thioether (sulfide) groups is 2. The fourth-order valence-electron chi connectivity index (χ4n) is 2.78. The number of rotatable bonds is 6. The number of hydrogen-bond acceptors (Lipinski definition) is 4. The van der Waals surface area contributed by atoms with Gasteiger partial charge in [0.25, 0.3) is 0 Å². The van der Waals surface area contributed by atoms with Crippen molar-refractivity contribution in [1.82, 2.24) is 0 Å². The molecular weight excluding hydrogens is 362 g/mol. The average Bonchev–Trinajstić information content (AvgIpc) is 2.65. The second-order valence-corrected chi connectivity index (χ2v) is 9.19. The Morgan fingerprint density at radius 2 is 1.96 bits per heavy atom. The van der Waals surface area contributed by atoms with Crippen molar-refractivity contribution in [2.75, 3.05) is 23.4 Å². The summed E-state index contributed by atoms with van der Waals surface area (Å²) >= 11 is 3.98. The molecule has 5 heteroatoms. The Balaban J connectivity index is 1.51. The Morgan fingerprint density at radius 3 is 2.77 bits per heavy atom. The molecule has 0 bridgehead atoms. The fraction of sp³-hybridized carbons (Fsp3) is 0.381. The van der Waals surface area contributed by atoms with Crippen LogP contribution in [-0.4, -0.2) is 24.0 Å². The van der Waals surface area contributed by atoms with Crippen LogP contribution in [-0.2, 0) is 4.79 Å². The molecule has 3 rings (SSSR count). The third-order valence-corrected chi connectivity index (χ3v) is 7.22. The van der Waals surface area contributed by atoms with Gasteiger partial charge in [-0.25, -0.2) is 0 Å². The first-order valence-electron chi connectivity index (χ1n) is 8.95. The molecule has 0 atom stereocenters. The van der Waals surface area contributed by atoms with E-state index in [0.29, 0.717) is 17.6 Å². The summed E-state index contributed by atoms with van der Waals surface area (Å²) in [5.74, 6) is 3.26. The number of benzene rings is 2. The normalized spacial score (nSPS) is 14.8. The molecule has 1 amide bonds. The molecule has 2 aromatic carbocycles. The van der Waals surface area contributed by atoms with Crippen LogP contribution in [0.5, 0.6) is 5.75 Å². The topological polar surface area (TPSA) is 38.3 Å². The van der Waals surface area contributed by atoms with Gasteiger partial charge in [0, 0.05) is 5.69 Å². The summed E-state index contributed by atoms with van der Waals surface area (Å²) in [5, 5.41) is 3.00. The van der Waals surface area contributed by atoms with Crippen LogP contribution in [0.4, 0.5) is 5.69 Å². The minimum Gasteiger partial charge on any atom is -0.493 e. The van der Waals surface area contributed by atoms with Crippen molar-refractivity contribution in [2.24, 2.45) is 0 Å². The third kappa shape index (κ3) is 5.45. The van der Waals surface area contributed by atoms with Gasteiger partial charge in [-0.15, -0.1) is 23.5 Å².